The molecule has 17 heavy (non-hydrogen) atoms. The Balaban J connectivity index is 4.50. The van der Waals surface area contributed by atoms with Crippen molar-refractivity contribution in [3.8, 4) is 0 Å². The molecule has 0 aliphatic heterocycles. The second kappa shape index (κ2) is 7.90. The van der Waals surface area contributed by atoms with Gasteiger partial charge in [0.15, 0.2) is 0 Å². The van der Waals surface area contributed by atoms with Gasteiger partial charge in [-0.25, -0.2) is 9.68 Å². The van der Waals surface area contributed by atoms with Crippen LogP contribution in [0.1, 0.15) is 34.1 Å². The third-order valence-corrected chi connectivity index (χ3v) is 2.34. The van der Waals surface area contributed by atoms with Crippen LogP contribution in [0.3, 0.4) is 0 Å². The minimum absolute atomic E-state index is 0.0771. The fraction of sp³-hybridized carbons (Fsp3) is 1.00. The average molecular weight is 254 g/mol. The standard InChI is InChI=1S/C9H22N2O6/c1-6(2)5-7(3)9(17-11(14)15)8(4)16-10(12)13/h6-9,12-15H,5H2,1-4H3/t7?,8-,9-/m1/s1. The molecule has 0 heterocycles. The van der Waals surface area contributed by atoms with E-state index >= 15 is 0 Å². The highest BCUT2D eigenvalue weighted by molar-refractivity contribution is 4.72. The van der Waals surface area contributed by atoms with Crippen LogP contribution in [0.4, 0.5) is 0 Å². The van der Waals surface area contributed by atoms with Crippen molar-refractivity contribution in [2.45, 2.75) is 46.3 Å². The lowest BCUT2D eigenvalue weighted by Gasteiger charge is -2.30. The van der Waals surface area contributed by atoms with Gasteiger partial charge in [-0.05, 0) is 25.2 Å². The lowest BCUT2D eigenvalue weighted by atomic mass is 9.91. The van der Waals surface area contributed by atoms with Crippen LogP contribution in [0.25, 0.3) is 0 Å². The summed E-state index contributed by atoms with van der Waals surface area (Å²) in [6, 6.07) is 0. The van der Waals surface area contributed by atoms with E-state index in [0.29, 0.717) is 5.92 Å². The van der Waals surface area contributed by atoms with E-state index in [9.17, 15) is 0 Å². The minimum atomic E-state index is -0.777. The summed E-state index contributed by atoms with van der Waals surface area (Å²) in [5.41, 5.74) is 0. The predicted molar refractivity (Wildman–Crippen MR) is 54.9 cm³/mol. The molecule has 0 aliphatic rings. The van der Waals surface area contributed by atoms with Crippen molar-refractivity contribution in [2.75, 3.05) is 0 Å². The molecular weight excluding hydrogens is 232 g/mol. The average Bonchev–Trinajstić information content (AvgIpc) is 2.11. The van der Waals surface area contributed by atoms with Crippen molar-refractivity contribution in [1.29, 1.82) is 0 Å². The fourth-order valence-corrected chi connectivity index (χ4v) is 1.85. The van der Waals surface area contributed by atoms with E-state index in [1.807, 2.05) is 20.8 Å². The molecule has 104 valence electrons. The quantitative estimate of drug-likeness (QED) is 0.482. The molecule has 1 unspecified atom stereocenters. The Bertz CT molecular complexity index is 186. The van der Waals surface area contributed by atoms with Gasteiger partial charge >= 0.3 is 0 Å². The number of rotatable bonds is 8. The van der Waals surface area contributed by atoms with Gasteiger partial charge in [-0.3, -0.25) is 20.8 Å². The Labute approximate surface area is 100 Å². The van der Waals surface area contributed by atoms with Gasteiger partial charge in [0.1, 0.15) is 12.2 Å². The van der Waals surface area contributed by atoms with Crippen LogP contribution in [0, 0.1) is 11.8 Å². The molecule has 0 radical (unpaired) electrons. The molecule has 0 saturated carbocycles. The molecule has 0 fully saturated rings. The van der Waals surface area contributed by atoms with Crippen molar-refractivity contribution in [3.63, 3.8) is 0 Å². The molecular formula is C9H22N2O6. The fourth-order valence-electron chi connectivity index (χ4n) is 1.85. The summed E-state index contributed by atoms with van der Waals surface area (Å²) in [7, 11) is 0. The van der Waals surface area contributed by atoms with Crippen LogP contribution < -0.4 is 0 Å². The molecule has 0 saturated heterocycles. The minimum Gasteiger partial charge on any atom is -0.266 e. The molecule has 0 rings (SSSR count). The molecule has 0 spiro atoms. The van der Waals surface area contributed by atoms with Crippen LogP contribution in [0.15, 0.2) is 0 Å². The zero-order valence-corrected chi connectivity index (χ0v) is 10.5. The molecule has 0 aromatic heterocycles. The van der Waals surface area contributed by atoms with Crippen molar-refractivity contribution in [3.05, 3.63) is 0 Å². The summed E-state index contributed by atoms with van der Waals surface area (Å²) in [5.74, 6) is 0.306. The maximum atomic E-state index is 8.66. The topological polar surface area (TPSA) is 106 Å². The van der Waals surface area contributed by atoms with E-state index in [0.717, 1.165) is 6.42 Å². The first-order chi connectivity index (χ1) is 7.73. The number of hydrogen-bond donors (Lipinski definition) is 4. The van der Waals surface area contributed by atoms with Gasteiger partial charge in [0.25, 0.3) is 0 Å². The van der Waals surface area contributed by atoms with Gasteiger partial charge in [0.2, 0.25) is 0 Å². The molecule has 3 atom stereocenters. The van der Waals surface area contributed by atoms with E-state index < -0.39 is 23.0 Å². The van der Waals surface area contributed by atoms with Gasteiger partial charge in [0, 0.05) is 0 Å². The monoisotopic (exact) mass is 254 g/mol. The summed E-state index contributed by atoms with van der Waals surface area (Å²) in [5, 5.41) is 33.6. The largest absolute Gasteiger partial charge is 0.266 e. The molecule has 8 nitrogen and oxygen atoms in total. The van der Waals surface area contributed by atoms with Crippen LogP contribution >= 0.6 is 0 Å². The molecule has 0 aliphatic carbocycles. The Kier molecular flexibility index (Phi) is 7.75. The van der Waals surface area contributed by atoms with E-state index in [2.05, 4.69) is 4.84 Å². The first kappa shape index (κ1) is 16.7. The van der Waals surface area contributed by atoms with Gasteiger partial charge in [-0.15, -0.1) is 0 Å². The predicted octanol–water partition coefficient (Wildman–Crippen LogP) is 1.45. The van der Waals surface area contributed by atoms with Crippen molar-refractivity contribution >= 4 is 0 Å². The highest BCUT2D eigenvalue weighted by Crippen LogP contribution is 2.22. The molecule has 4 N–H and O–H groups in total. The Morgan fingerprint density at radius 1 is 0.882 bits per heavy atom. The Hall–Kier alpha value is -0.320. The first-order valence-corrected chi connectivity index (χ1v) is 5.43. The summed E-state index contributed by atoms with van der Waals surface area (Å²) in [6.07, 6.45) is -0.766. The molecule has 0 bridgehead atoms. The summed E-state index contributed by atoms with van der Waals surface area (Å²) in [6.45, 7) is 7.38. The lowest BCUT2D eigenvalue weighted by molar-refractivity contribution is -0.540. The highest BCUT2D eigenvalue weighted by atomic mass is 17.1. The lowest BCUT2D eigenvalue weighted by Crippen LogP contribution is -2.41. The van der Waals surface area contributed by atoms with Crippen molar-refractivity contribution in [2.24, 2.45) is 11.8 Å². The maximum absolute atomic E-state index is 8.66. The van der Waals surface area contributed by atoms with Crippen molar-refractivity contribution in [1.82, 2.24) is 10.8 Å². The van der Waals surface area contributed by atoms with Gasteiger partial charge in [-0.1, -0.05) is 20.8 Å². The second-order valence-corrected chi connectivity index (χ2v) is 4.49. The van der Waals surface area contributed by atoms with Crippen LogP contribution in [-0.4, -0.2) is 43.8 Å². The normalized spacial score (nSPS) is 17.8. The van der Waals surface area contributed by atoms with Crippen LogP contribution in [0.5, 0.6) is 0 Å². The van der Waals surface area contributed by atoms with Crippen LogP contribution in [-0.2, 0) is 9.68 Å². The molecule has 0 aromatic rings. The van der Waals surface area contributed by atoms with Gasteiger partial charge in [-0.2, -0.15) is 0 Å². The highest BCUT2D eigenvalue weighted by Gasteiger charge is 2.29. The Morgan fingerprint density at radius 2 is 1.35 bits per heavy atom. The number of nitrogens with zero attached hydrogens (tertiary/aromatic N) is 2. The maximum Gasteiger partial charge on any atom is 0.115 e. The molecule has 8 heteroatoms. The van der Waals surface area contributed by atoms with Gasteiger partial charge < -0.3 is 0 Å². The van der Waals surface area contributed by atoms with Crippen molar-refractivity contribution < 1.29 is 30.5 Å². The van der Waals surface area contributed by atoms with Crippen LogP contribution in [0.2, 0.25) is 0 Å². The summed E-state index contributed by atoms with van der Waals surface area (Å²) in [4.78, 5) is 9.33. The van der Waals surface area contributed by atoms with Gasteiger partial charge in [0.05, 0.1) is 10.8 Å². The summed E-state index contributed by atoms with van der Waals surface area (Å²) < 4.78 is 0. The molecule has 0 aromatic carbocycles. The Morgan fingerprint density at radius 3 is 1.71 bits per heavy atom. The SMILES string of the molecule is CC(C)CC(C)[C@@H](ON(O)O)[C@@H](C)ON(O)O. The second-order valence-electron chi connectivity index (χ2n) is 4.49. The third kappa shape index (κ3) is 7.58. The van der Waals surface area contributed by atoms with E-state index in [1.54, 1.807) is 0 Å². The summed E-state index contributed by atoms with van der Waals surface area (Å²) >= 11 is 0. The number of hydrogen-bond acceptors (Lipinski definition) is 8. The van der Waals surface area contributed by atoms with E-state index in [1.165, 1.54) is 6.92 Å². The third-order valence-electron chi connectivity index (χ3n) is 2.34. The van der Waals surface area contributed by atoms with E-state index in [-0.39, 0.29) is 5.92 Å². The molecule has 0 amide bonds. The smallest absolute Gasteiger partial charge is 0.115 e. The zero-order chi connectivity index (χ0) is 13.6. The van der Waals surface area contributed by atoms with E-state index in [4.69, 9.17) is 25.7 Å². The first-order valence-electron chi connectivity index (χ1n) is 5.43. The zero-order valence-electron chi connectivity index (χ0n) is 10.5.